The molecule has 2 aliphatic heterocycles. The van der Waals surface area contributed by atoms with Gasteiger partial charge in [0.05, 0.1) is 13.2 Å². The van der Waals surface area contributed by atoms with E-state index >= 15 is 0 Å². The summed E-state index contributed by atoms with van der Waals surface area (Å²) < 4.78 is 5.35. The molecular formula is C22H26N2O2. The Kier molecular flexibility index (Phi) is 5.21. The Labute approximate surface area is 155 Å². The number of nitrogens with zero attached hydrogens (tertiary/aromatic N) is 2. The monoisotopic (exact) mass is 350 g/mol. The number of fused-ring (bicyclic) bond motifs is 1. The number of rotatable bonds is 4. The van der Waals surface area contributed by atoms with Gasteiger partial charge in [-0.3, -0.25) is 4.79 Å². The maximum absolute atomic E-state index is 12.6. The lowest BCUT2D eigenvalue weighted by Gasteiger charge is -2.27. The Balaban J connectivity index is 1.59. The third-order valence-electron chi connectivity index (χ3n) is 5.33. The van der Waals surface area contributed by atoms with E-state index in [2.05, 4.69) is 53.4 Å². The van der Waals surface area contributed by atoms with Gasteiger partial charge in [-0.15, -0.1) is 0 Å². The summed E-state index contributed by atoms with van der Waals surface area (Å²) in [6, 6.07) is 15.1. The maximum atomic E-state index is 12.6. The topological polar surface area (TPSA) is 32.8 Å². The standard InChI is InChI=1S/C22H26N2O2/c25-22(24-13-15-26-16-14-24)10-9-21(23-11-3-4-12-23)20-8-7-18-5-1-2-6-19(18)17-20/h1-2,5-9,17H,3-4,10-16H2/b21-9-. The zero-order valence-corrected chi connectivity index (χ0v) is 15.2. The molecule has 136 valence electrons. The summed E-state index contributed by atoms with van der Waals surface area (Å²) in [5.74, 6) is 0.200. The summed E-state index contributed by atoms with van der Waals surface area (Å²) in [6.07, 6.45) is 5.04. The molecule has 2 aromatic rings. The van der Waals surface area contributed by atoms with Gasteiger partial charge in [-0.2, -0.15) is 0 Å². The van der Waals surface area contributed by atoms with E-state index in [1.165, 1.54) is 34.9 Å². The largest absolute Gasteiger partial charge is 0.378 e. The van der Waals surface area contributed by atoms with E-state index in [4.69, 9.17) is 4.74 Å². The van der Waals surface area contributed by atoms with E-state index in [0.717, 1.165) is 13.1 Å². The number of carbonyl (C=O) groups excluding carboxylic acids is 1. The number of morpholine rings is 1. The number of amides is 1. The molecule has 4 rings (SSSR count). The average molecular weight is 350 g/mol. The fraction of sp³-hybridized carbons (Fsp3) is 0.409. The van der Waals surface area contributed by atoms with Crippen LogP contribution in [0.1, 0.15) is 24.8 Å². The highest BCUT2D eigenvalue weighted by atomic mass is 16.5. The van der Waals surface area contributed by atoms with E-state index in [1.807, 2.05) is 4.90 Å². The molecule has 0 N–H and O–H groups in total. The molecule has 2 saturated heterocycles. The van der Waals surface area contributed by atoms with E-state index in [0.29, 0.717) is 32.7 Å². The van der Waals surface area contributed by atoms with Crippen LogP contribution in [-0.4, -0.2) is 55.1 Å². The van der Waals surface area contributed by atoms with Gasteiger partial charge in [-0.1, -0.05) is 42.5 Å². The first-order chi connectivity index (χ1) is 12.8. The molecule has 0 bridgehead atoms. The highest BCUT2D eigenvalue weighted by Gasteiger charge is 2.19. The van der Waals surface area contributed by atoms with Crippen molar-refractivity contribution < 1.29 is 9.53 Å². The second-order valence-electron chi connectivity index (χ2n) is 7.04. The van der Waals surface area contributed by atoms with Crippen LogP contribution >= 0.6 is 0 Å². The molecule has 2 aromatic carbocycles. The van der Waals surface area contributed by atoms with Crippen LogP contribution in [0.3, 0.4) is 0 Å². The Bertz CT molecular complexity index is 803. The number of ether oxygens (including phenoxy) is 1. The third kappa shape index (κ3) is 3.75. The van der Waals surface area contributed by atoms with E-state index in [9.17, 15) is 4.79 Å². The molecule has 0 spiro atoms. The minimum Gasteiger partial charge on any atom is -0.378 e. The lowest BCUT2D eigenvalue weighted by molar-refractivity contribution is -0.134. The zero-order valence-electron chi connectivity index (χ0n) is 15.2. The Morgan fingerprint density at radius 3 is 2.42 bits per heavy atom. The van der Waals surface area contributed by atoms with Crippen molar-refractivity contribution in [2.24, 2.45) is 0 Å². The molecule has 4 nitrogen and oxygen atoms in total. The molecule has 0 aliphatic carbocycles. The molecule has 0 atom stereocenters. The molecule has 2 aliphatic rings. The summed E-state index contributed by atoms with van der Waals surface area (Å²) in [6.45, 7) is 4.87. The van der Waals surface area contributed by atoms with Crippen molar-refractivity contribution in [3.63, 3.8) is 0 Å². The van der Waals surface area contributed by atoms with E-state index in [1.54, 1.807) is 0 Å². The van der Waals surface area contributed by atoms with Gasteiger partial charge in [-0.25, -0.2) is 0 Å². The van der Waals surface area contributed by atoms with Crippen molar-refractivity contribution in [3.8, 4) is 0 Å². The first-order valence-electron chi connectivity index (χ1n) is 9.61. The number of likely N-dealkylation sites (tertiary alicyclic amines) is 1. The fourth-order valence-corrected chi connectivity index (χ4v) is 3.86. The predicted octanol–water partition coefficient (Wildman–Crippen LogP) is 3.53. The van der Waals surface area contributed by atoms with Crippen molar-refractivity contribution in [2.45, 2.75) is 19.3 Å². The lowest BCUT2D eigenvalue weighted by Crippen LogP contribution is -2.40. The molecule has 4 heteroatoms. The van der Waals surface area contributed by atoms with Gasteiger partial charge in [0, 0.05) is 38.3 Å². The maximum Gasteiger partial charge on any atom is 0.226 e. The van der Waals surface area contributed by atoms with Crippen LogP contribution in [0.25, 0.3) is 16.5 Å². The molecule has 1 amide bonds. The zero-order chi connectivity index (χ0) is 17.8. The van der Waals surface area contributed by atoms with E-state index in [-0.39, 0.29) is 5.91 Å². The predicted molar refractivity (Wildman–Crippen MR) is 105 cm³/mol. The van der Waals surface area contributed by atoms with Crippen LogP contribution in [0.2, 0.25) is 0 Å². The molecule has 0 aromatic heterocycles. The third-order valence-corrected chi connectivity index (χ3v) is 5.33. The van der Waals surface area contributed by atoms with Gasteiger partial charge in [-0.05, 0) is 35.2 Å². The smallest absolute Gasteiger partial charge is 0.226 e. The quantitative estimate of drug-likeness (QED) is 0.846. The molecule has 2 heterocycles. The Morgan fingerprint density at radius 2 is 1.65 bits per heavy atom. The van der Waals surface area contributed by atoms with Crippen molar-refractivity contribution in [3.05, 3.63) is 54.1 Å². The highest BCUT2D eigenvalue weighted by molar-refractivity contribution is 5.87. The second-order valence-corrected chi connectivity index (χ2v) is 7.04. The Hall–Kier alpha value is -2.33. The number of carbonyl (C=O) groups is 1. The van der Waals surface area contributed by atoms with Gasteiger partial charge >= 0.3 is 0 Å². The van der Waals surface area contributed by atoms with Gasteiger partial charge in [0.1, 0.15) is 0 Å². The number of hydrogen-bond donors (Lipinski definition) is 0. The van der Waals surface area contributed by atoms with Gasteiger partial charge in [0.15, 0.2) is 0 Å². The van der Waals surface area contributed by atoms with Gasteiger partial charge in [0.25, 0.3) is 0 Å². The van der Waals surface area contributed by atoms with Crippen LogP contribution in [0, 0.1) is 0 Å². The van der Waals surface area contributed by atoms with E-state index < -0.39 is 0 Å². The first-order valence-corrected chi connectivity index (χ1v) is 9.61. The van der Waals surface area contributed by atoms with Crippen LogP contribution in [0.5, 0.6) is 0 Å². The van der Waals surface area contributed by atoms with Crippen LogP contribution in [-0.2, 0) is 9.53 Å². The van der Waals surface area contributed by atoms with Crippen LogP contribution in [0.4, 0.5) is 0 Å². The molecule has 2 fully saturated rings. The SMILES string of the molecule is O=C(C/C=C(/c1ccc2ccccc2c1)N1CCCC1)N1CCOCC1. The van der Waals surface area contributed by atoms with Gasteiger partial charge in [0.2, 0.25) is 5.91 Å². The summed E-state index contributed by atoms with van der Waals surface area (Å²) in [4.78, 5) is 16.9. The van der Waals surface area contributed by atoms with Crippen molar-refractivity contribution in [2.75, 3.05) is 39.4 Å². The lowest BCUT2D eigenvalue weighted by atomic mass is 10.0. The number of benzene rings is 2. The average Bonchev–Trinajstić information content (AvgIpc) is 3.23. The van der Waals surface area contributed by atoms with Crippen molar-refractivity contribution in [1.82, 2.24) is 9.80 Å². The van der Waals surface area contributed by atoms with Gasteiger partial charge < -0.3 is 14.5 Å². The molecule has 26 heavy (non-hydrogen) atoms. The summed E-state index contributed by atoms with van der Waals surface area (Å²) in [7, 11) is 0. The first kappa shape index (κ1) is 17.1. The van der Waals surface area contributed by atoms with Crippen LogP contribution in [0.15, 0.2) is 48.5 Å². The van der Waals surface area contributed by atoms with Crippen molar-refractivity contribution in [1.29, 1.82) is 0 Å². The Morgan fingerprint density at radius 1 is 0.923 bits per heavy atom. The minimum absolute atomic E-state index is 0.200. The molecule has 0 saturated carbocycles. The second kappa shape index (κ2) is 7.92. The summed E-state index contributed by atoms with van der Waals surface area (Å²) in [5.41, 5.74) is 2.41. The normalized spacial score (nSPS) is 18.5. The molecule has 0 radical (unpaired) electrons. The number of hydrogen-bond acceptors (Lipinski definition) is 3. The molecular weight excluding hydrogens is 324 g/mol. The molecule has 0 unspecified atom stereocenters. The summed E-state index contributed by atoms with van der Waals surface area (Å²) >= 11 is 0. The highest BCUT2D eigenvalue weighted by Crippen LogP contribution is 2.27. The minimum atomic E-state index is 0.200. The summed E-state index contributed by atoms with van der Waals surface area (Å²) in [5, 5.41) is 2.50. The van der Waals surface area contributed by atoms with Crippen molar-refractivity contribution >= 4 is 22.4 Å². The fourth-order valence-electron chi connectivity index (χ4n) is 3.86. The van der Waals surface area contributed by atoms with Crippen LogP contribution < -0.4 is 0 Å².